The Balaban J connectivity index is 1.30. The van der Waals surface area contributed by atoms with Crippen LogP contribution in [0.3, 0.4) is 0 Å². The second-order valence-electron chi connectivity index (χ2n) is 7.70. The summed E-state index contributed by atoms with van der Waals surface area (Å²) in [6.07, 6.45) is 7.75. The highest BCUT2D eigenvalue weighted by molar-refractivity contribution is 7.18. The van der Waals surface area contributed by atoms with Crippen LogP contribution in [0.25, 0.3) is 0 Å². The van der Waals surface area contributed by atoms with Gasteiger partial charge in [-0.15, -0.1) is 11.3 Å². The molecule has 1 amide bonds. The fourth-order valence-corrected chi connectivity index (χ4v) is 5.26. The number of hydrogen-bond donors (Lipinski definition) is 1. The Bertz CT molecular complexity index is 781. The molecule has 0 atom stereocenters. The molecule has 1 N–H and O–H groups in total. The Morgan fingerprint density at radius 3 is 2.85 bits per heavy atom. The first-order valence-electron chi connectivity index (χ1n) is 10.2. The van der Waals surface area contributed by atoms with Crippen molar-refractivity contribution in [3.8, 4) is 0 Å². The molecule has 5 heteroatoms. The average Bonchev–Trinajstić information content (AvgIpc) is 3.35. The number of nitrogens with one attached hydrogen (secondary N) is 1. The topological polar surface area (TPSA) is 35.6 Å². The van der Waals surface area contributed by atoms with Gasteiger partial charge in [0.25, 0.3) is 5.91 Å². The molecule has 0 bridgehead atoms. The van der Waals surface area contributed by atoms with Gasteiger partial charge in [-0.2, -0.15) is 0 Å². The Kier molecular flexibility index (Phi) is 5.79. The second kappa shape index (κ2) is 8.44. The Hall–Kier alpha value is -1.85. The van der Waals surface area contributed by atoms with Crippen molar-refractivity contribution in [2.24, 2.45) is 0 Å². The fraction of sp³-hybridized carbons (Fsp3) is 0.500. The summed E-state index contributed by atoms with van der Waals surface area (Å²) in [5, 5.41) is 4.26. The SMILES string of the molecule is CN(CCNC(=O)c1ccc(N2CCc3ccccc32)s1)C1CCCCC1. The van der Waals surface area contributed by atoms with Crippen LogP contribution >= 0.6 is 11.3 Å². The van der Waals surface area contributed by atoms with Gasteiger partial charge in [0.05, 0.1) is 9.88 Å². The van der Waals surface area contributed by atoms with Crippen molar-refractivity contribution >= 4 is 27.9 Å². The van der Waals surface area contributed by atoms with Crippen LogP contribution in [0.2, 0.25) is 0 Å². The van der Waals surface area contributed by atoms with Crippen molar-refractivity contribution in [1.82, 2.24) is 10.2 Å². The summed E-state index contributed by atoms with van der Waals surface area (Å²) in [5.41, 5.74) is 2.67. The number of anilines is 2. The highest BCUT2D eigenvalue weighted by atomic mass is 32.1. The molecule has 2 heterocycles. The van der Waals surface area contributed by atoms with E-state index in [1.54, 1.807) is 11.3 Å². The maximum Gasteiger partial charge on any atom is 0.261 e. The fourth-order valence-electron chi connectivity index (χ4n) is 4.30. The average molecular weight is 384 g/mol. The van der Waals surface area contributed by atoms with Crippen molar-refractivity contribution in [2.45, 2.75) is 44.6 Å². The molecule has 27 heavy (non-hydrogen) atoms. The van der Waals surface area contributed by atoms with Gasteiger partial charge in [0.1, 0.15) is 0 Å². The third-order valence-corrected chi connectivity index (χ3v) is 7.02. The zero-order chi connectivity index (χ0) is 18.6. The number of rotatable bonds is 6. The van der Waals surface area contributed by atoms with Crippen molar-refractivity contribution in [1.29, 1.82) is 0 Å². The minimum atomic E-state index is 0.0516. The van der Waals surface area contributed by atoms with E-state index in [0.29, 0.717) is 12.6 Å². The molecule has 4 rings (SSSR count). The standard InChI is InChI=1S/C22H29N3OS/c1-24(18-8-3-2-4-9-18)16-14-23-22(26)20-11-12-21(27-20)25-15-13-17-7-5-6-10-19(17)25/h5-7,10-12,18H,2-4,8-9,13-16H2,1H3,(H,23,26). The lowest BCUT2D eigenvalue weighted by Gasteiger charge is -2.31. The molecular formula is C22H29N3OS. The van der Waals surface area contributed by atoms with Crippen LogP contribution in [0.4, 0.5) is 10.7 Å². The maximum atomic E-state index is 12.5. The Morgan fingerprint density at radius 2 is 2.00 bits per heavy atom. The number of para-hydroxylation sites is 1. The molecule has 1 saturated carbocycles. The van der Waals surface area contributed by atoms with Crippen molar-refractivity contribution < 1.29 is 4.79 Å². The van der Waals surface area contributed by atoms with E-state index in [4.69, 9.17) is 0 Å². The molecule has 0 spiro atoms. The number of nitrogens with zero attached hydrogens (tertiary/aromatic N) is 2. The molecule has 0 radical (unpaired) electrons. The van der Waals surface area contributed by atoms with Gasteiger partial charge in [-0.1, -0.05) is 37.5 Å². The predicted octanol–water partition coefficient (Wildman–Crippen LogP) is 4.44. The summed E-state index contributed by atoms with van der Waals surface area (Å²) >= 11 is 1.59. The van der Waals surface area contributed by atoms with E-state index in [1.165, 1.54) is 43.4 Å². The molecule has 0 unspecified atom stereocenters. The minimum Gasteiger partial charge on any atom is -0.350 e. The third-order valence-electron chi connectivity index (χ3n) is 5.92. The van der Waals surface area contributed by atoms with Crippen LogP contribution in [0.15, 0.2) is 36.4 Å². The van der Waals surface area contributed by atoms with E-state index in [-0.39, 0.29) is 5.91 Å². The number of fused-ring (bicyclic) bond motifs is 1. The minimum absolute atomic E-state index is 0.0516. The molecule has 1 aliphatic heterocycles. The first-order valence-corrected chi connectivity index (χ1v) is 11.0. The summed E-state index contributed by atoms with van der Waals surface area (Å²) in [6, 6.07) is 13.3. The summed E-state index contributed by atoms with van der Waals surface area (Å²) < 4.78 is 0. The number of hydrogen-bond acceptors (Lipinski definition) is 4. The van der Waals surface area contributed by atoms with E-state index in [1.807, 2.05) is 6.07 Å². The Morgan fingerprint density at radius 1 is 1.19 bits per heavy atom. The maximum absolute atomic E-state index is 12.5. The van der Waals surface area contributed by atoms with Crippen molar-refractivity contribution in [3.05, 3.63) is 46.8 Å². The van der Waals surface area contributed by atoms with E-state index in [9.17, 15) is 4.79 Å². The van der Waals surface area contributed by atoms with Crippen LogP contribution in [-0.4, -0.2) is 43.5 Å². The quantitative estimate of drug-likeness (QED) is 0.801. The number of amides is 1. The summed E-state index contributed by atoms with van der Waals surface area (Å²) in [4.78, 5) is 18.1. The van der Waals surface area contributed by atoms with Gasteiger partial charge in [-0.25, -0.2) is 0 Å². The monoisotopic (exact) mass is 383 g/mol. The summed E-state index contributed by atoms with van der Waals surface area (Å²) in [5.74, 6) is 0.0516. The van der Waals surface area contributed by atoms with E-state index in [0.717, 1.165) is 29.4 Å². The number of benzene rings is 1. The molecule has 1 fully saturated rings. The van der Waals surface area contributed by atoms with Gasteiger partial charge in [0.15, 0.2) is 0 Å². The summed E-state index contributed by atoms with van der Waals surface area (Å²) in [7, 11) is 2.19. The number of carbonyl (C=O) groups is 1. The van der Waals surface area contributed by atoms with Crippen molar-refractivity contribution in [2.75, 3.05) is 31.6 Å². The molecule has 0 saturated heterocycles. The molecule has 1 aromatic heterocycles. The van der Waals surface area contributed by atoms with Crippen LogP contribution in [0.5, 0.6) is 0 Å². The molecule has 4 nitrogen and oxygen atoms in total. The highest BCUT2D eigenvalue weighted by Crippen LogP contribution is 2.38. The molecule has 1 aromatic carbocycles. The smallest absolute Gasteiger partial charge is 0.261 e. The number of thiophene rings is 1. The largest absolute Gasteiger partial charge is 0.350 e. The summed E-state index contributed by atoms with van der Waals surface area (Å²) in [6.45, 7) is 2.63. The highest BCUT2D eigenvalue weighted by Gasteiger charge is 2.22. The normalized spacial score (nSPS) is 17.3. The number of carbonyl (C=O) groups excluding carboxylic acids is 1. The third kappa shape index (κ3) is 4.19. The van der Waals surface area contributed by atoms with Gasteiger partial charge in [-0.3, -0.25) is 4.79 Å². The molecule has 144 valence electrons. The lowest BCUT2D eigenvalue weighted by molar-refractivity contribution is 0.0948. The van der Waals surface area contributed by atoms with Crippen LogP contribution in [-0.2, 0) is 6.42 Å². The molecule has 2 aliphatic rings. The zero-order valence-electron chi connectivity index (χ0n) is 16.1. The molecule has 1 aliphatic carbocycles. The van der Waals surface area contributed by atoms with E-state index < -0.39 is 0 Å². The van der Waals surface area contributed by atoms with Gasteiger partial charge in [0, 0.05) is 31.4 Å². The van der Waals surface area contributed by atoms with Gasteiger partial charge < -0.3 is 15.1 Å². The van der Waals surface area contributed by atoms with Gasteiger partial charge in [0.2, 0.25) is 0 Å². The lowest BCUT2D eigenvalue weighted by Crippen LogP contribution is -2.39. The Labute approximate surface area is 166 Å². The van der Waals surface area contributed by atoms with Gasteiger partial charge >= 0.3 is 0 Å². The number of likely N-dealkylation sites (N-methyl/N-ethyl adjacent to an activating group) is 1. The van der Waals surface area contributed by atoms with Crippen LogP contribution in [0.1, 0.15) is 47.3 Å². The lowest BCUT2D eigenvalue weighted by atomic mass is 9.94. The van der Waals surface area contributed by atoms with Crippen molar-refractivity contribution in [3.63, 3.8) is 0 Å². The van der Waals surface area contributed by atoms with E-state index >= 15 is 0 Å². The molecular weight excluding hydrogens is 354 g/mol. The predicted molar refractivity (Wildman–Crippen MR) is 113 cm³/mol. The van der Waals surface area contributed by atoms with Crippen LogP contribution < -0.4 is 10.2 Å². The van der Waals surface area contributed by atoms with Gasteiger partial charge in [-0.05, 0) is 50.1 Å². The first kappa shape index (κ1) is 18.5. The zero-order valence-corrected chi connectivity index (χ0v) is 16.9. The molecule has 2 aromatic rings. The first-order chi connectivity index (χ1) is 13.2. The van der Waals surface area contributed by atoms with Crippen LogP contribution in [0, 0.1) is 0 Å². The second-order valence-corrected chi connectivity index (χ2v) is 8.76. The van der Waals surface area contributed by atoms with E-state index in [2.05, 4.69) is 52.5 Å².